The van der Waals surface area contributed by atoms with Gasteiger partial charge in [-0.1, -0.05) is 48.0 Å². The van der Waals surface area contributed by atoms with Crippen molar-refractivity contribution in [3.8, 4) is 0 Å². The number of benzene rings is 2. The zero-order valence-electron chi connectivity index (χ0n) is 19.4. The molecule has 182 valence electrons. The van der Waals surface area contributed by atoms with Crippen molar-refractivity contribution in [1.29, 1.82) is 0 Å². The fourth-order valence-electron chi connectivity index (χ4n) is 4.43. The van der Waals surface area contributed by atoms with E-state index in [-0.39, 0.29) is 24.0 Å². The lowest BCUT2D eigenvalue weighted by Gasteiger charge is -2.34. The third-order valence-corrected chi connectivity index (χ3v) is 8.34. The maximum Gasteiger partial charge on any atom is 0.324 e. The molecule has 0 radical (unpaired) electrons. The smallest absolute Gasteiger partial charge is 0.324 e. The maximum atomic E-state index is 13.0. The highest BCUT2D eigenvalue weighted by Gasteiger charge is 2.40. The standard InChI is InChI=1S/C25H31N3O5S/c1-20-9-11-22(12-10-20)34(31,32)28-13-5-8-23(28)25(30)33-19-24(29)27-16-14-26(15-17-27)18-21-6-3-2-4-7-21/h2-4,6-7,9-12,23H,5,8,13-19H2,1H3/t23-/m0/s1. The predicted molar refractivity (Wildman–Crippen MR) is 127 cm³/mol. The van der Waals surface area contributed by atoms with Gasteiger partial charge in [-0.2, -0.15) is 4.31 Å². The average molecular weight is 486 g/mol. The van der Waals surface area contributed by atoms with Crippen LogP contribution in [-0.2, 0) is 30.9 Å². The summed E-state index contributed by atoms with van der Waals surface area (Å²) in [4.78, 5) is 29.5. The van der Waals surface area contributed by atoms with E-state index in [0.717, 1.165) is 25.2 Å². The zero-order chi connectivity index (χ0) is 24.1. The first-order valence-corrected chi connectivity index (χ1v) is 13.1. The molecule has 0 bridgehead atoms. The van der Waals surface area contributed by atoms with Gasteiger partial charge in [-0.3, -0.25) is 14.5 Å². The van der Waals surface area contributed by atoms with Crippen LogP contribution in [0.15, 0.2) is 59.5 Å². The van der Waals surface area contributed by atoms with Crippen molar-refractivity contribution in [2.45, 2.75) is 37.2 Å². The fourth-order valence-corrected chi connectivity index (χ4v) is 6.07. The van der Waals surface area contributed by atoms with E-state index in [4.69, 9.17) is 4.74 Å². The Balaban J connectivity index is 1.27. The number of rotatable bonds is 7. The number of piperazine rings is 1. The van der Waals surface area contributed by atoms with E-state index < -0.39 is 22.0 Å². The minimum absolute atomic E-state index is 0.155. The lowest BCUT2D eigenvalue weighted by molar-refractivity contribution is -0.155. The monoisotopic (exact) mass is 485 g/mol. The molecule has 2 aliphatic rings. The molecule has 2 aliphatic heterocycles. The van der Waals surface area contributed by atoms with Crippen molar-refractivity contribution in [1.82, 2.24) is 14.1 Å². The van der Waals surface area contributed by atoms with E-state index >= 15 is 0 Å². The van der Waals surface area contributed by atoms with Gasteiger partial charge in [0.05, 0.1) is 4.90 Å². The molecular formula is C25H31N3O5S. The van der Waals surface area contributed by atoms with Crippen molar-refractivity contribution in [2.24, 2.45) is 0 Å². The summed E-state index contributed by atoms with van der Waals surface area (Å²) in [7, 11) is -3.81. The van der Waals surface area contributed by atoms with Gasteiger partial charge in [-0.15, -0.1) is 0 Å². The molecule has 0 aromatic heterocycles. The first-order valence-electron chi connectivity index (χ1n) is 11.6. The quantitative estimate of drug-likeness (QED) is 0.558. The molecule has 0 unspecified atom stereocenters. The van der Waals surface area contributed by atoms with Crippen LogP contribution in [-0.4, -0.2) is 79.8 Å². The van der Waals surface area contributed by atoms with E-state index in [2.05, 4.69) is 17.0 Å². The van der Waals surface area contributed by atoms with Crippen molar-refractivity contribution >= 4 is 21.9 Å². The van der Waals surface area contributed by atoms with Gasteiger partial charge < -0.3 is 9.64 Å². The summed E-state index contributed by atoms with van der Waals surface area (Å²) in [5.41, 5.74) is 2.19. The topological polar surface area (TPSA) is 87.2 Å². The van der Waals surface area contributed by atoms with Crippen molar-refractivity contribution in [2.75, 3.05) is 39.3 Å². The van der Waals surface area contributed by atoms with E-state index in [0.29, 0.717) is 25.9 Å². The van der Waals surface area contributed by atoms with E-state index in [9.17, 15) is 18.0 Å². The highest BCUT2D eigenvalue weighted by atomic mass is 32.2. The molecule has 0 spiro atoms. The van der Waals surface area contributed by atoms with Crippen LogP contribution in [0.25, 0.3) is 0 Å². The molecule has 0 N–H and O–H groups in total. The van der Waals surface area contributed by atoms with Crippen molar-refractivity contribution in [3.05, 3.63) is 65.7 Å². The highest BCUT2D eigenvalue weighted by molar-refractivity contribution is 7.89. The van der Waals surface area contributed by atoms with Crippen LogP contribution in [0.2, 0.25) is 0 Å². The number of nitrogens with zero attached hydrogens (tertiary/aromatic N) is 3. The van der Waals surface area contributed by atoms with Crippen LogP contribution in [0.5, 0.6) is 0 Å². The largest absolute Gasteiger partial charge is 0.454 e. The van der Waals surface area contributed by atoms with Gasteiger partial charge in [0.1, 0.15) is 6.04 Å². The molecule has 1 atom stereocenters. The van der Waals surface area contributed by atoms with Crippen molar-refractivity contribution < 1.29 is 22.7 Å². The second-order valence-corrected chi connectivity index (χ2v) is 10.7. The third-order valence-electron chi connectivity index (χ3n) is 6.42. The van der Waals surface area contributed by atoms with E-state index in [1.807, 2.05) is 25.1 Å². The Morgan fingerprint density at radius 3 is 2.29 bits per heavy atom. The van der Waals surface area contributed by atoms with Gasteiger partial charge in [0.2, 0.25) is 10.0 Å². The molecule has 9 heteroatoms. The second kappa shape index (κ2) is 10.7. The van der Waals surface area contributed by atoms with Crippen LogP contribution in [0.4, 0.5) is 0 Å². The Bertz CT molecular complexity index is 1100. The molecule has 8 nitrogen and oxygen atoms in total. The van der Waals surface area contributed by atoms with Crippen LogP contribution in [0, 0.1) is 6.92 Å². The lowest BCUT2D eigenvalue weighted by atomic mass is 10.2. The Hall–Kier alpha value is -2.75. The van der Waals surface area contributed by atoms with Gasteiger partial charge in [0.15, 0.2) is 6.61 Å². The van der Waals surface area contributed by atoms with Crippen LogP contribution >= 0.6 is 0 Å². The van der Waals surface area contributed by atoms with Gasteiger partial charge >= 0.3 is 5.97 Å². The second-order valence-electron chi connectivity index (χ2n) is 8.84. The van der Waals surface area contributed by atoms with Gasteiger partial charge in [-0.25, -0.2) is 8.42 Å². The predicted octanol–water partition coefficient (Wildman–Crippen LogP) is 2.04. The van der Waals surface area contributed by atoms with Crippen LogP contribution < -0.4 is 0 Å². The number of amides is 1. The Morgan fingerprint density at radius 2 is 1.62 bits per heavy atom. The molecule has 34 heavy (non-hydrogen) atoms. The minimum Gasteiger partial charge on any atom is -0.454 e. The molecule has 2 heterocycles. The highest BCUT2D eigenvalue weighted by Crippen LogP contribution is 2.27. The number of ether oxygens (including phenoxy) is 1. The average Bonchev–Trinajstić information content (AvgIpc) is 3.35. The number of carbonyl (C=O) groups excluding carboxylic acids is 2. The number of carbonyl (C=O) groups is 2. The number of aryl methyl sites for hydroxylation is 1. The molecule has 2 aromatic carbocycles. The number of hydrogen-bond acceptors (Lipinski definition) is 6. The van der Waals surface area contributed by atoms with Gasteiger partial charge in [-0.05, 0) is 37.5 Å². The zero-order valence-corrected chi connectivity index (χ0v) is 20.2. The lowest BCUT2D eigenvalue weighted by Crippen LogP contribution is -2.49. The summed E-state index contributed by atoms with van der Waals surface area (Å²) in [6.45, 7) is 5.25. The molecule has 0 saturated carbocycles. The normalized spacial score (nSPS) is 19.8. The van der Waals surface area contributed by atoms with E-state index in [1.165, 1.54) is 9.87 Å². The maximum absolute atomic E-state index is 13.0. The number of sulfonamides is 1. The molecule has 2 fully saturated rings. The minimum atomic E-state index is -3.81. The Labute approximate surface area is 201 Å². The molecule has 4 rings (SSSR count). The van der Waals surface area contributed by atoms with Crippen LogP contribution in [0.3, 0.4) is 0 Å². The summed E-state index contributed by atoms with van der Waals surface area (Å²) in [5.74, 6) is -0.914. The fraction of sp³-hybridized carbons (Fsp3) is 0.440. The summed E-state index contributed by atoms with van der Waals surface area (Å²) in [5, 5.41) is 0. The summed E-state index contributed by atoms with van der Waals surface area (Å²) >= 11 is 0. The van der Waals surface area contributed by atoms with Crippen LogP contribution in [0.1, 0.15) is 24.0 Å². The molecule has 0 aliphatic carbocycles. The summed E-state index contributed by atoms with van der Waals surface area (Å²) in [6, 6.07) is 15.8. The molecular weight excluding hydrogens is 454 g/mol. The summed E-state index contributed by atoms with van der Waals surface area (Å²) in [6.07, 6.45) is 0.957. The number of hydrogen-bond donors (Lipinski definition) is 0. The Morgan fingerprint density at radius 1 is 0.941 bits per heavy atom. The van der Waals surface area contributed by atoms with Gasteiger partial charge in [0.25, 0.3) is 5.91 Å². The molecule has 1 amide bonds. The number of esters is 1. The van der Waals surface area contributed by atoms with Gasteiger partial charge in [0, 0.05) is 39.3 Å². The summed E-state index contributed by atoms with van der Waals surface area (Å²) < 4.78 is 32.6. The third kappa shape index (κ3) is 5.65. The SMILES string of the molecule is Cc1ccc(S(=O)(=O)N2CCC[C@H]2C(=O)OCC(=O)N2CCN(Cc3ccccc3)CC2)cc1. The van der Waals surface area contributed by atoms with Crippen molar-refractivity contribution in [3.63, 3.8) is 0 Å². The first-order chi connectivity index (χ1) is 16.3. The first kappa shape index (κ1) is 24.4. The molecule has 2 saturated heterocycles. The van der Waals surface area contributed by atoms with E-state index in [1.54, 1.807) is 29.2 Å². The molecule has 2 aromatic rings. The Kier molecular flexibility index (Phi) is 7.65.